The second-order valence-electron chi connectivity index (χ2n) is 4.07. The van der Waals surface area contributed by atoms with Gasteiger partial charge in [-0.05, 0) is 52.7 Å². The van der Waals surface area contributed by atoms with Crippen molar-refractivity contribution in [1.82, 2.24) is 4.98 Å². The average Bonchev–Trinajstić information content (AvgIpc) is 2.74. The normalized spacial score (nSPS) is 11.1. The Morgan fingerprint density at radius 1 is 1.11 bits per heavy atom. The van der Waals surface area contributed by atoms with Crippen LogP contribution < -0.4 is 0 Å². The van der Waals surface area contributed by atoms with Crippen molar-refractivity contribution in [3.63, 3.8) is 0 Å². The lowest BCUT2D eigenvalue weighted by atomic mass is 10.2. The molecule has 0 N–H and O–H groups in total. The molecule has 0 spiro atoms. The Balaban J connectivity index is 2.23. The van der Waals surface area contributed by atoms with Gasteiger partial charge in [-0.25, -0.2) is 4.98 Å². The van der Waals surface area contributed by atoms with Crippen molar-refractivity contribution in [3.8, 4) is 11.5 Å². The largest absolute Gasteiger partial charge is 0.436 e. The lowest BCUT2D eigenvalue weighted by Gasteiger charge is -1.99. The zero-order valence-electron chi connectivity index (χ0n) is 9.58. The minimum Gasteiger partial charge on any atom is -0.436 e. The Kier molecular flexibility index (Phi) is 2.99. The summed E-state index contributed by atoms with van der Waals surface area (Å²) in [4.78, 5) is 4.52. The van der Waals surface area contributed by atoms with Crippen LogP contribution in [0.25, 0.3) is 22.6 Å². The molecular formula is C14H9Br2NO. The molecule has 0 amide bonds. The third kappa shape index (κ3) is 1.99. The van der Waals surface area contributed by atoms with E-state index in [0.29, 0.717) is 5.89 Å². The van der Waals surface area contributed by atoms with E-state index >= 15 is 0 Å². The fourth-order valence-corrected chi connectivity index (χ4v) is 3.08. The van der Waals surface area contributed by atoms with Gasteiger partial charge in [-0.1, -0.05) is 28.1 Å². The lowest BCUT2D eigenvalue weighted by Crippen LogP contribution is -1.79. The molecule has 0 unspecified atom stereocenters. The number of aromatic nitrogens is 1. The number of halogens is 2. The van der Waals surface area contributed by atoms with Gasteiger partial charge < -0.3 is 4.42 Å². The molecule has 3 aromatic rings. The number of aryl methyl sites for hydroxylation is 1. The summed E-state index contributed by atoms with van der Waals surface area (Å²) in [7, 11) is 0. The molecule has 2 aromatic carbocycles. The number of hydrogen-bond donors (Lipinski definition) is 0. The average molecular weight is 367 g/mol. The predicted octanol–water partition coefficient (Wildman–Crippen LogP) is 5.33. The molecule has 0 bridgehead atoms. The number of oxazole rings is 1. The fourth-order valence-electron chi connectivity index (χ4n) is 1.86. The molecule has 0 aliphatic rings. The quantitative estimate of drug-likeness (QED) is 0.581. The molecule has 0 saturated heterocycles. The highest BCUT2D eigenvalue weighted by Gasteiger charge is 2.12. The van der Waals surface area contributed by atoms with Gasteiger partial charge >= 0.3 is 0 Å². The van der Waals surface area contributed by atoms with E-state index in [9.17, 15) is 0 Å². The highest BCUT2D eigenvalue weighted by atomic mass is 79.9. The van der Waals surface area contributed by atoms with E-state index in [1.54, 1.807) is 0 Å². The second kappa shape index (κ2) is 4.52. The Bertz CT molecular complexity index is 734. The maximum Gasteiger partial charge on any atom is 0.228 e. The summed E-state index contributed by atoms with van der Waals surface area (Å²) in [5.74, 6) is 0.638. The highest BCUT2D eigenvalue weighted by Crippen LogP contribution is 2.32. The number of para-hydroxylation sites is 1. The minimum absolute atomic E-state index is 0.638. The van der Waals surface area contributed by atoms with Gasteiger partial charge in [0.1, 0.15) is 5.52 Å². The highest BCUT2D eigenvalue weighted by molar-refractivity contribution is 9.11. The van der Waals surface area contributed by atoms with Crippen LogP contribution in [0, 0.1) is 6.92 Å². The van der Waals surface area contributed by atoms with Gasteiger partial charge in [0.2, 0.25) is 5.89 Å². The molecular weight excluding hydrogens is 358 g/mol. The first-order valence-corrected chi connectivity index (χ1v) is 7.05. The molecule has 0 saturated carbocycles. The van der Waals surface area contributed by atoms with Crippen molar-refractivity contribution in [2.24, 2.45) is 0 Å². The Morgan fingerprint density at radius 2 is 1.94 bits per heavy atom. The molecule has 0 aliphatic carbocycles. The Hall–Kier alpha value is -1.13. The zero-order valence-corrected chi connectivity index (χ0v) is 12.7. The Morgan fingerprint density at radius 3 is 2.67 bits per heavy atom. The molecule has 4 heteroatoms. The van der Waals surface area contributed by atoms with Gasteiger partial charge in [0, 0.05) is 8.95 Å². The third-order valence-electron chi connectivity index (χ3n) is 2.77. The smallest absolute Gasteiger partial charge is 0.228 e. The van der Waals surface area contributed by atoms with Crippen LogP contribution in [0.3, 0.4) is 0 Å². The minimum atomic E-state index is 0.638. The molecule has 2 nitrogen and oxygen atoms in total. The third-order valence-corrected chi connectivity index (χ3v) is 3.92. The van der Waals surface area contributed by atoms with Crippen LogP contribution in [-0.4, -0.2) is 4.98 Å². The number of rotatable bonds is 1. The number of nitrogens with zero attached hydrogens (tertiary/aromatic N) is 1. The summed E-state index contributed by atoms with van der Waals surface area (Å²) in [6, 6.07) is 11.9. The van der Waals surface area contributed by atoms with Gasteiger partial charge in [-0.15, -0.1) is 0 Å². The molecule has 0 atom stereocenters. The monoisotopic (exact) mass is 365 g/mol. The number of benzene rings is 2. The molecule has 90 valence electrons. The van der Waals surface area contributed by atoms with E-state index < -0.39 is 0 Å². The van der Waals surface area contributed by atoms with E-state index in [4.69, 9.17) is 4.42 Å². The van der Waals surface area contributed by atoms with E-state index in [1.807, 2.05) is 43.3 Å². The van der Waals surface area contributed by atoms with Crippen molar-refractivity contribution in [3.05, 3.63) is 50.9 Å². The van der Waals surface area contributed by atoms with E-state index in [0.717, 1.165) is 31.2 Å². The van der Waals surface area contributed by atoms with Crippen LogP contribution in [0.4, 0.5) is 0 Å². The van der Waals surface area contributed by atoms with Crippen molar-refractivity contribution in [2.45, 2.75) is 6.92 Å². The van der Waals surface area contributed by atoms with Crippen molar-refractivity contribution in [2.75, 3.05) is 0 Å². The lowest BCUT2D eigenvalue weighted by molar-refractivity contribution is 0.617. The van der Waals surface area contributed by atoms with E-state index in [-0.39, 0.29) is 0 Å². The van der Waals surface area contributed by atoms with Crippen LogP contribution in [0.2, 0.25) is 0 Å². The molecule has 0 radical (unpaired) electrons. The van der Waals surface area contributed by atoms with Crippen LogP contribution in [0.15, 0.2) is 49.8 Å². The maximum atomic E-state index is 5.85. The van der Waals surface area contributed by atoms with Gasteiger partial charge in [0.25, 0.3) is 0 Å². The molecule has 1 aromatic heterocycles. The van der Waals surface area contributed by atoms with Crippen LogP contribution in [0.5, 0.6) is 0 Å². The van der Waals surface area contributed by atoms with Gasteiger partial charge in [-0.3, -0.25) is 0 Å². The molecule has 0 aliphatic heterocycles. The van der Waals surface area contributed by atoms with Crippen LogP contribution in [-0.2, 0) is 0 Å². The topological polar surface area (TPSA) is 26.0 Å². The first kappa shape index (κ1) is 11.9. The summed E-state index contributed by atoms with van der Waals surface area (Å²) in [6.07, 6.45) is 0. The number of hydrogen-bond acceptors (Lipinski definition) is 2. The van der Waals surface area contributed by atoms with E-state index in [1.165, 1.54) is 0 Å². The summed E-state index contributed by atoms with van der Waals surface area (Å²) < 4.78 is 7.83. The summed E-state index contributed by atoms with van der Waals surface area (Å²) in [6.45, 7) is 2.02. The van der Waals surface area contributed by atoms with Crippen molar-refractivity contribution < 1.29 is 4.42 Å². The molecule has 3 rings (SSSR count). The SMILES string of the molecule is Cc1cccc2nc(-c3ccc(Br)cc3Br)oc12. The molecule has 0 fully saturated rings. The predicted molar refractivity (Wildman–Crippen MR) is 79.6 cm³/mol. The number of fused-ring (bicyclic) bond motifs is 1. The maximum absolute atomic E-state index is 5.85. The van der Waals surface area contributed by atoms with Crippen LogP contribution >= 0.6 is 31.9 Å². The van der Waals surface area contributed by atoms with Crippen LogP contribution in [0.1, 0.15) is 5.56 Å². The summed E-state index contributed by atoms with van der Waals surface area (Å²) >= 11 is 6.96. The standard InChI is InChI=1S/C14H9Br2NO/c1-8-3-2-4-12-13(8)18-14(17-12)10-6-5-9(15)7-11(10)16/h2-7H,1H3. The summed E-state index contributed by atoms with van der Waals surface area (Å²) in [5.41, 5.74) is 3.79. The summed E-state index contributed by atoms with van der Waals surface area (Å²) in [5, 5.41) is 0. The van der Waals surface area contributed by atoms with Crippen molar-refractivity contribution in [1.29, 1.82) is 0 Å². The fraction of sp³-hybridized carbons (Fsp3) is 0.0714. The van der Waals surface area contributed by atoms with E-state index in [2.05, 4.69) is 36.8 Å². The first-order chi connectivity index (χ1) is 8.65. The Labute approximate surface area is 121 Å². The zero-order chi connectivity index (χ0) is 12.7. The van der Waals surface area contributed by atoms with Gasteiger partial charge in [-0.2, -0.15) is 0 Å². The van der Waals surface area contributed by atoms with Gasteiger partial charge in [0.15, 0.2) is 5.58 Å². The molecule has 1 heterocycles. The van der Waals surface area contributed by atoms with Crippen molar-refractivity contribution >= 4 is 43.0 Å². The second-order valence-corrected chi connectivity index (χ2v) is 5.84. The molecule has 18 heavy (non-hydrogen) atoms. The van der Waals surface area contributed by atoms with Gasteiger partial charge in [0.05, 0.1) is 5.56 Å². The first-order valence-electron chi connectivity index (χ1n) is 5.47.